The molecule has 0 aliphatic carbocycles. The first-order valence-corrected chi connectivity index (χ1v) is 8.84. The van der Waals surface area contributed by atoms with Crippen molar-refractivity contribution in [3.8, 4) is 17.0 Å². The molecule has 0 spiro atoms. The zero-order valence-electron chi connectivity index (χ0n) is 15.7. The van der Waals surface area contributed by atoms with E-state index in [0.717, 1.165) is 18.0 Å². The van der Waals surface area contributed by atoms with E-state index in [1.54, 1.807) is 36.1 Å². The third-order valence-corrected chi connectivity index (χ3v) is 4.72. The van der Waals surface area contributed by atoms with E-state index in [0.29, 0.717) is 5.56 Å². The van der Waals surface area contributed by atoms with Gasteiger partial charge in [-0.1, -0.05) is 18.2 Å². The molecule has 0 aliphatic heterocycles. The normalized spacial score (nSPS) is 11.0. The fourth-order valence-corrected chi connectivity index (χ4v) is 3.35. The first-order chi connectivity index (χ1) is 14.3. The van der Waals surface area contributed by atoms with Crippen LogP contribution in [0.5, 0.6) is 5.75 Å². The summed E-state index contributed by atoms with van der Waals surface area (Å²) in [6, 6.07) is 10.2. The number of carbonyl (C=O) groups is 1. The van der Waals surface area contributed by atoms with Gasteiger partial charge in [-0.2, -0.15) is 5.10 Å². The minimum Gasteiger partial charge on any atom is -0.449 e. The summed E-state index contributed by atoms with van der Waals surface area (Å²) in [4.78, 5) is 23.4. The number of halogens is 2. The molecule has 2 heterocycles. The third-order valence-electron chi connectivity index (χ3n) is 4.72. The van der Waals surface area contributed by atoms with Crippen molar-refractivity contribution in [3.05, 3.63) is 82.3 Å². The number of nitrogens with zero attached hydrogens (tertiary/aromatic N) is 3. The van der Waals surface area contributed by atoms with Crippen LogP contribution in [0.2, 0.25) is 0 Å². The smallest absolute Gasteiger partial charge is 0.449 e. The monoisotopic (exact) mass is 411 g/mol. The lowest BCUT2D eigenvalue weighted by Gasteiger charge is -2.14. The van der Waals surface area contributed by atoms with Gasteiger partial charge < -0.3 is 14.4 Å². The van der Waals surface area contributed by atoms with Crippen molar-refractivity contribution in [2.75, 3.05) is 0 Å². The minimum atomic E-state index is -1.68. The van der Waals surface area contributed by atoms with Crippen molar-refractivity contribution in [2.45, 2.75) is 6.54 Å². The van der Waals surface area contributed by atoms with Gasteiger partial charge in [-0.3, -0.25) is 9.48 Å². The average molecular weight is 411 g/mol. The van der Waals surface area contributed by atoms with Crippen LogP contribution in [0.3, 0.4) is 0 Å². The summed E-state index contributed by atoms with van der Waals surface area (Å²) in [5.41, 5.74) is 0.709. The zero-order chi connectivity index (χ0) is 21.4. The van der Waals surface area contributed by atoms with Gasteiger partial charge in [0.05, 0.1) is 29.3 Å². The summed E-state index contributed by atoms with van der Waals surface area (Å²) in [6.45, 7) is -0.148. The Morgan fingerprint density at radius 1 is 1.17 bits per heavy atom. The van der Waals surface area contributed by atoms with Crippen molar-refractivity contribution in [3.63, 3.8) is 0 Å². The van der Waals surface area contributed by atoms with E-state index in [9.17, 15) is 18.4 Å². The Hall–Kier alpha value is -4.01. The Labute approximate surface area is 168 Å². The molecule has 1 N–H and O–H groups in total. The first-order valence-electron chi connectivity index (χ1n) is 8.84. The predicted molar refractivity (Wildman–Crippen MR) is 105 cm³/mol. The van der Waals surface area contributed by atoms with Gasteiger partial charge in [0.15, 0.2) is 5.75 Å². The molecular weight excluding hydrogens is 396 g/mol. The van der Waals surface area contributed by atoms with Gasteiger partial charge in [0.1, 0.15) is 11.6 Å². The van der Waals surface area contributed by atoms with Gasteiger partial charge in [-0.05, 0) is 24.3 Å². The number of pyridine rings is 1. The van der Waals surface area contributed by atoms with Gasteiger partial charge in [0.2, 0.25) is 5.43 Å². The molecule has 0 aliphatic rings. The van der Waals surface area contributed by atoms with Crippen LogP contribution in [0, 0.1) is 11.6 Å². The summed E-state index contributed by atoms with van der Waals surface area (Å²) < 4.78 is 36.7. The Kier molecular flexibility index (Phi) is 4.78. The highest BCUT2D eigenvalue weighted by atomic mass is 19.1. The highest BCUT2D eigenvalue weighted by molar-refractivity contribution is 5.81. The van der Waals surface area contributed by atoms with E-state index in [4.69, 9.17) is 5.11 Å². The Morgan fingerprint density at radius 3 is 2.63 bits per heavy atom. The van der Waals surface area contributed by atoms with E-state index in [1.807, 2.05) is 0 Å². The number of aryl methyl sites for hydroxylation is 1. The molecule has 0 radical (unpaired) electrons. The number of ether oxygens (including phenoxy) is 1. The molecule has 2 aromatic heterocycles. The minimum absolute atomic E-state index is 0.0688. The molecule has 2 aromatic carbocycles. The van der Waals surface area contributed by atoms with Crippen LogP contribution in [0.1, 0.15) is 5.56 Å². The second kappa shape index (κ2) is 7.43. The third kappa shape index (κ3) is 3.41. The lowest BCUT2D eigenvalue weighted by molar-refractivity contribution is 0.144. The number of carboxylic acid groups (broad SMARTS) is 1. The molecule has 4 rings (SSSR count). The SMILES string of the molecule is Cn1nccc1-c1ccc(Cn2cc(OC(=O)O)c(=O)c3cccc(F)c32)c(F)c1. The second-order valence-electron chi connectivity index (χ2n) is 6.60. The van der Waals surface area contributed by atoms with Crippen LogP contribution in [-0.2, 0) is 13.6 Å². The van der Waals surface area contributed by atoms with Crippen molar-refractivity contribution >= 4 is 17.1 Å². The van der Waals surface area contributed by atoms with E-state index in [1.165, 1.54) is 22.8 Å². The molecule has 7 nitrogen and oxygen atoms in total. The Balaban J connectivity index is 1.82. The fraction of sp³-hybridized carbons (Fsp3) is 0.0952. The van der Waals surface area contributed by atoms with Crippen molar-refractivity contribution in [1.82, 2.24) is 14.3 Å². The zero-order valence-corrected chi connectivity index (χ0v) is 15.7. The van der Waals surface area contributed by atoms with Crippen LogP contribution >= 0.6 is 0 Å². The maximum Gasteiger partial charge on any atom is 0.511 e. The molecule has 0 atom stereocenters. The van der Waals surface area contributed by atoms with Gasteiger partial charge >= 0.3 is 6.16 Å². The van der Waals surface area contributed by atoms with Crippen molar-refractivity contribution in [2.24, 2.45) is 7.05 Å². The number of fused-ring (bicyclic) bond motifs is 1. The molecule has 9 heteroatoms. The van der Waals surface area contributed by atoms with E-state index < -0.39 is 29.0 Å². The van der Waals surface area contributed by atoms with Crippen LogP contribution < -0.4 is 10.2 Å². The summed E-state index contributed by atoms with van der Waals surface area (Å²) in [6.07, 6.45) is 0.984. The number of rotatable bonds is 4. The molecule has 0 saturated heterocycles. The Bertz CT molecular complexity index is 1340. The molecule has 0 saturated carbocycles. The van der Waals surface area contributed by atoms with Crippen molar-refractivity contribution in [1.29, 1.82) is 0 Å². The van der Waals surface area contributed by atoms with E-state index in [2.05, 4.69) is 9.84 Å². The average Bonchev–Trinajstić information content (AvgIpc) is 3.12. The van der Waals surface area contributed by atoms with Crippen molar-refractivity contribution < 1.29 is 23.4 Å². The molecule has 0 fully saturated rings. The quantitative estimate of drug-likeness (QED) is 0.517. The number of benzene rings is 2. The highest BCUT2D eigenvalue weighted by Gasteiger charge is 2.17. The van der Waals surface area contributed by atoms with Gasteiger partial charge in [0.25, 0.3) is 0 Å². The lowest BCUT2D eigenvalue weighted by atomic mass is 10.1. The molecule has 152 valence electrons. The topological polar surface area (TPSA) is 86.3 Å². The Morgan fingerprint density at radius 2 is 1.97 bits per heavy atom. The van der Waals surface area contributed by atoms with E-state index >= 15 is 0 Å². The number of aromatic nitrogens is 3. The summed E-state index contributed by atoms with van der Waals surface area (Å²) in [7, 11) is 1.74. The lowest BCUT2D eigenvalue weighted by Crippen LogP contribution is -2.17. The van der Waals surface area contributed by atoms with Gasteiger partial charge in [-0.15, -0.1) is 0 Å². The standard InChI is InChI=1S/C21H15F2N3O4/c1-25-17(7-8-24-25)12-5-6-13(16(23)9-12)10-26-11-18(30-21(28)29)20(27)14-3-2-4-15(22)19(14)26/h2-9,11H,10H2,1H3,(H,28,29). The number of hydrogen-bond donors (Lipinski definition) is 1. The van der Waals surface area contributed by atoms with Gasteiger partial charge in [0, 0.05) is 24.4 Å². The van der Waals surface area contributed by atoms with Crippen LogP contribution in [0.4, 0.5) is 13.6 Å². The predicted octanol–water partition coefficient (Wildman–Crippen LogP) is 3.79. The molecule has 4 aromatic rings. The molecule has 0 amide bonds. The maximum absolute atomic E-state index is 14.8. The van der Waals surface area contributed by atoms with Gasteiger partial charge in [-0.25, -0.2) is 13.6 Å². The first kappa shape index (κ1) is 19.3. The summed E-state index contributed by atoms with van der Waals surface area (Å²) in [5.74, 6) is -1.73. The molecular formula is C21H15F2N3O4. The second-order valence-corrected chi connectivity index (χ2v) is 6.60. The highest BCUT2D eigenvalue weighted by Crippen LogP contribution is 2.24. The molecule has 0 unspecified atom stereocenters. The van der Waals surface area contributed by atoms with Crippen LogP contribution in [0.25, 0.3) is 22.2 Å². The maximum atomic E-state index is 14.8. The van der Waals surface area contributed by atoms with Crippen LogP contribution in [-0.4, -0.2) is 25.6 Å². The summed E-state index contributed by atoms with van der Waals surface area (Å²) in [5, 5.41) is 12.9. The number of hydrogen-bond acceptors (Lipinski definition) is 4. The fourth-order valence-electron chi connectivity index (χ4n) is 3.35. The molecule has 30 heavy (non-hydrogen) atoms. The summed E-state index contributed by atoms with van der Waals surface area (Å²) >= 11 is 0. The van der Waals surface area contributed by atoms with E-state index in [-0.39, 0.29) is 23.0 Å². The molecule has 0 bridgehead atoms. The van der Waals surface area contributed by atoms with Crippen LogP contribution in [0.15, 0.2) is 59.7 Å². The number of para-hydroxylation sites is 1. The largest absolute Gasteiger partial charge is 0.511 e.